The number of rotatable bonds is 4. The Hall–Kier alpha value is -2.11. The zero-order chi connectivity index (χ0) is 17.2. The minimum absolute atomic E-state index is 0.0244. The molecule has 0 bridgehead atoms. The van der Waals surface area contributed by atoms with E-state index in [9.17, 15) is 9.59 Å². The molecule has 1 N–H and O–H groups in total. The molecule has 0 spiro atoms. The highest BCUT2D eigenvalue weighted by molar-refractivity contribution is 5.76. The molecule has 25 heavy (non-hydrogen) atoms. The van der Waals surface area contributed by atoms with Crippen LogP contribution in [0.3, 0.4) is 0 Å². The number of nitrogens with zero attached hydrogens (tertiary/aromatic N) is 3. The number of hydrogen-bond acceptors (Lipinski definition) is 3. The van der Waals surface area contributed by atoms with Crippen LogP contribution in [-0.4, -0.2) is 26.1 Å². The topological polar surface area (TPSA) is 68.4 Å². The third kappa shape index (κ3) is 3.34. The molecular formula is C19H26N4O2. The molecule has 0 radical (unpaired) electrons. The van der Waals surface area contributed by atoms with E-state index in [4.69, 9.17) is 0 Å². The molecule has 0 atom stereocenters. The number of hydrogen-bond donors (Lipinski definition) is 1. The fourth-order valence-corrected chi connectivity index (χ4v) is 4.20. The zero-order valence-electron chi connectivity index (χ0n) is 14.7. The van der Waals surface area contributed by atoms with E-state index < -0.39 is 0 Å². The Morgan fingerprint density at radius 1 is 1.12 bits per heavy atom. The fourth-order valence-electron chi connectivity index (χ4n) is 4.20. The van der Waals surface area contributed by atoms with Gasteiger partial charge in [-0.25, -0.2) is 4.52 Å². The summed E-state index contributed by atoms with van der Waals surface area (Å²) in [6.45, 7) is 0.424. The second kappa shape index (κ2) is 7.02. The van der Waals surface area contributed by atoms with Gasteiger partial charge >= 0.3 is 0 Å². The highest BCUT2D eigenvalue weighted by Crippen LogP contribution is 2.22. The van der Waals surface area contributed by atoms with Crippen LogP contribution >= 0.6 is 0 Å². The van der Waals surface area contributed by atoms with Gasteiger partial charge < -0.3 is 9.88 Å². The summed E-state index contributed by atoms with van der Waals surface area (Å²) in [6.07, 6.45) is 13.9. The van der Waals surface area contributed by atoms with Crippen molar-refractivity contribution in [2.75, 3.05) is 0 Å². The SMILES string of the molecule is O=C(CCn1ccn2nc3c(c2c1=O)CCCC3)NC1CCCCC1. The Bertz CT molecular complexity index is 830. The molecule has 134 valence electrons. The van der Waals surface area contributed by atoms with E-state index in [1.54, 1.807) is 15.3 Å². The smallest absolute Gasteiger partial charge is 0.276 e. The van der Waals surface area contributed by atoms with Crippen LogP contribution in [0.15, 0.2) is 17.2 Å². The van der Waals surface area contributed by atoms with E-state index in [0.717, 1.165) is 49.8 Å². The second-order valence-electron chi connectivity index (χ2n) is 7.37. The maximum Gasteiger partial charge on any atom is 0.276 e. The van der Waals surface area contributed by atoms with Crippen LogP contribution in [0.5, 0.6) is 0 Å². The lowest BCUT2D eigenvalue weighted by molar-refractivity contribution is -0.122. The van der Waals surface area contributed by atoms with E-state index in [-0.39, 0.29) is 11.5 Å². The van der Waals surface area contributed by atoms with Gasteiger partial charge in [0.15, 0.2) is 0 Å². The summed E-state index contributed by atoms with van der Waals surface area (Å²) >= 11 is 0. The zero-order valence-corrected chi connectivity index (χ0v) is 14.7. The summed E-state index contributed by atoms with van der Waals surface area (Å²) in [4.78, 5) is 25.0. The highest BCUT2D eigenvalue weighted by Gasteiger charge is 2.20. The first-order valence-corrected chi connectivity index (χ1v) is 9.61. The molecule has 2 aliphatic rings. The predicted molar refractivity (Wildman–Crippen MR) is 95.7 cm³/mol. The van der Waals surface area contributed by atoms with Gasteiger partial charge in [-0.15, -0.1) is 0 Å². The molecule has 0 aliphatic heterocycles. The van der Waals surface area contributed by atoms with Crippen molar-refractivity contribution in [3.63, 3.8) is 0 Å². The normalized spacial score (nSPS) is 18.2. The van der Waals surface area contributed by atoms with Crippen molar-refractivity contribution < 1.29 is 4.79 Å². The third-order valence-electron chi connectivity index (χ3n) is 5.58. The molecule has 6 heteroatoms. The van der Waals surface area contributed by atoms with Crippen LogP contribution in [0.4, 0.5) is 0 Å². The van der Waals surface area contributed by atoms with Crippen molar-refractivity contribution in [3.05, 3.63) is 34.0 Å². The lowest BCUT2D eigenvalue weighted by Gasteiger charge is -2.22. The van der Waals surface area contributed by atoms with E-state index in [1.807, 2.05) is 6.20 Å². The van der Waals surface area contributed by atoms with Crippen molar-refractivity contribution >= 4 is 11.4 Å². The molecule has 1 amide bonds. The molecule has 1 saturated carbocycles. The van der Waals surface area contributed by atoms with Crippen LogP contribution in [0.2, 0.25) is 0 Å². The quantitative estimate of drug-likeness (QED) is 0.926. The molecule has 2 heterocycles. The van der Waals surface area contributed by atoms with Crippen LogP contribution in [0.1, 0.15) is 62.6 Å². The van der Waals surface area contributed by atoms with Gasteiger partial charge in [-0.1, -0.05) is 19.3 Å². The number of fused-ring (bicyclic) bond motifs is 3. The summed E-state index contributed by atoms with van der Waals surface area (Å²) in [6, 6.07) is 0.322. The van der Waals surface area contributed by atoms with Crippen molar-refractivity contribution in [1.29, 1.82) is 0 Å². The number of carbonyl (C=O) groups is 1. The van der Waals surface area contributed by atoms with Crippen LogP contribution in [-0.2, 0) is 24.2 Å². The summed E-state index contributed by atoms with van der Waals surface area (Å²) in [7, 11) is 0. The largest absolute Gasteiger partial charge is 0.353 e. The molecule has 0 saturated heterocycles. The molecule has 2 aromatic rings. The van der Waals surface area contributed by atoms with Gasteiger partial charge in [0.05, 0.1) is 5.69 Å². The van der Waals surface area contributed by atoms with Gasteiger partial charge in [0.25, 0.3) is 5.56 Å². The van der Waals surface area contributed by atoms with Gasteiger partial charge in [0.1, 0.15) is 5.52 Å². The lowest BCUT2D eigenvalue weighted by Crippen LogP contribution is -2.37. The third-order valence-corrected chi connectivity index (χ3v) is 5.58. The molecule has 4 rings (SSSR count). The number of aromatic nitrogens is 3. The summed E-state index contributed by atoms with van der Waals surface area (Å²) in [5.41, 5.74) is 2.85. The van der Waals surface area contributed by atoms with Crippen LogP contribution < -0.4 is 10.9 Å². The highest BCUT2D eigenvalue weighted by atomic mass is 16.2. The van der Waals surface area contributed by atoms with E-state index in [0.29, 0.717) is 24.5 Å². The average Bonchev–Trinajstić information content (AvgIpc) is 3.01. The van der Waals surface area contributed by atoms with Crippen LogP contribution in [0, 0.1) is 0 Å². The van der Waals surface area contributed by atoms with Gasteiger partial charge in [0, 0.05) is 37.0 Å². The molecule has 6 nitrogen and oxygen atoms in total. The number of aryl methyl sites for hydroxylation is 3. The predicted octanol–water partition coefficient (Wildman–Crippen LogP) is 2.21. The first-order chi connectivity index (χ1) is 12.2. The van der Waals surface area contributed by atoms with Crippen LogP contribution in [0.25, 0.3) is 5.52 Å². The van der Waals surface area contributed by atoms with Crippen molar-refractivity contribution in [1.82, 2.24) is 19.5 Å². The Morgan fingerprint density at radius 2 is 1.92 bits per heavy atom. The first kappa shape index (κ1) is 16.4. The van der Waals surface area contributed by atoms with Crippen molar-refractivity contribution in [2.45, 2.75) is 76.8 Å². The minimum atomic E-state index is -0.0244. The number of carbonyl (C=O) groups excluding carboxylic acids is 1. The molecule has 0 aromatic carbocycles. The van der Waals surface area contributed by atoms with Gasteiger partial charge in [-0.2, -0.15) is 5.10 Å². The van der Waals surface area contributed by atoms with Crippen molar-refractivity contribution in [2.24, 2.45) is 0 Å². The van der Waals surface area contributed by atoms with Gasteiger partial charge in [-0.05, 0) is 38.5 Å². The van der Waals surface area contributed by atoms with Crippen molar-refractivity contribution in [3.8, 4) is 0 Å². The van der Waals surface area contributed by atoms with Gasteiger partial charge in [-0.3, -0.25) is 9.59 Å². The summed E-state index contributed by atoms with van der Waals surface area (Å²) in [5.74, 6) is 0.0502. The monoisotopic (exact) mass is 342 g/mol. The molecule has 2 aliphatic carbocycles. The fraction of sp³-hybridized carbons (Fsp3) is 0.632. The van der Waals surface area contributed by atoms with E-state index >= 15 is 0 Å². The maximum absolute atomic E-state index is 12.8. The molecule has 2 aromatic heterocycles. The first-order valence-electron chi connectivity index (χ1n) is 9.61. The molecular weight excluding hydrogens is 316 g/mol. The number of amides is 1. The van der Waals surface area contributed by atoms with E-state index in [2.05, 4.69) is 10.4 Å². The Morgan fingerprint density at radius 3 is 2.76 bits per heavy atom. The summed E-state index contributed by atoms with van der Waals surface area (Å²) < 4.78 is 3.38. The maximum atomic E-state index is 12.8. The lowest BCUT2D eigenvalue weighted by atomic mass is 9.95. The second-order valence-corrected chi connectivity index (χ2v) is 7.37. The molecule has 0 unspecified atom stereocenters. The minimum Gasteiger partial charge on any atom is -0.353 e. The number of nitrogens with one attached hydrogen (secondary N) is 1. The standard InChI is InChI=1S/C19H26N4O2/c24-17(20-14-6-2-1-3-7-14)10-11-22-12-13-23-18(19(22)25)15-8-4-5-9-16(15)21-23/h12-14H,1-11H2,(H,20,24). The van der Waals surface area contributed by atoms with Gasteiger partial charge in [0.2, 0.25) is 5.91 Å². The Balaban J connectivity index is 1.47. The Kier molecular flexibility index (Phi) is 4.59. The average molecular weight is 342 g/mol. The Labute approximate surface area is 147 Å². The summed E-state index contributed by atoms with van der Waals surface area (Å²) in [5, 5.41) is 7.67. The molecule has 1 fully saturated rings. The van der Waals surface area contributed by atoms with E-state index in [1.165, 1.54) is 19.3 Å².